The van der Waals surface area contributed by atoms with Crippen molar-refractivity contribution < 1.29 is 9.31 Å². The lowest BCUT2D eigenvalue weighted by molar-refractivity contribution is 0.00578. The molecule has 0 atom stereocenters. The van der Waals surface area contributed by atoms with Crippen molar-refractivity contribution in [2.24, 2.45) is 0 Å². The number of hydrogen-bond acceptors (Lipinski definition) is 3. The van der Waals surface area contributed by atoms with E-state index in [0.717, 1.165) is 18.3 Å². The fourth-order valence-corrected chi connectivity index (χ4v) is 2.59. The van der Waals surface area contributed by atoms with E-state index in [-0.39, 0.29) is 16.8 Å². The van der Waals surface area contributed by atoms with Gasteiger partial charge in [-0.2, -0.15) is 0 Å². The summed E-state index contributed by atoms with van der Waals surface area (Å²) in [6, 6.07) is 3.79. The Labute approximate surface area is 120 Å². The molecule has 1 saturated carbocycles. The Hall–Kier alpha value is -1.07. The van der Waals surface area contributed by atoms with Gasteiger partial charge in [-0.25, -0.2) is 0 Å². The van der Waals surface area contributed by atoms with E-state index in [1.54, 1.807) is 6.07 Å². The van der Waals surface area contributed by atoms with Gasteiger partial charge in [-0.1, -0.05) is 6.07 Å². The molecular formula is C15H22BNO3. The summed E-state index contributed by atoms with van der Waals surface area (Å²) >= 11 is 0. The van der Waals surface area contributed by atoms with Crippen molar-refractivity contribution in [3.63, 3.8) is 0 Å². The Balaban J connectivity index is 1.90. The van der Waals surface area contributed by atoms with Crippen molar-refractivity contribution in [3.8, 4) is 0 Å². The molecule has 0 radical (unpaired) electrons. The lowest BCUT2D eigenvalue weighted by Gasteiger charge is -2.32. The van der Waals surface area contributed by atoms with Crippen LogP contribution in [0.2, 0.25) is 0 Å². The maximum absolute atomic E-state index is 12.0. The first-order chi connectivity index (χ1) is 9.30. The second kappa shape index (κ2) is 4.47. The zero-order valence-corrected chi connectivity index (χ0v) is 12.7. The zero-order chi connectivity index (χ0) is 14.5. The third-order valence-corrected chi connectivity index (χ3v) is 4.95. The minimum Gasteiger partial charge on any atom is -0.399 e. The predicted octanol–water partition coefficient (Wildman–Crippen LogP) is 1.87. The molecule has 0 bridgehead atoms. The quantitative estimate of drug-likeness (QED) is 0.774. The Morgan fingerprint density at radius 2 is 1.75 bits per heavy atom. The molecule has 5 heteroatoms. The molecule has 3 rings (SSSR count). The SMILES string of the molecule is CC1(C)OB(c2ccc(=O)n(C3CCC3)c2)OC1(C)C. The van der Waals surface area contributed by atoms with E-state index in [1.165, 1.54) is 6.42 Å². The normalized spacial score (nSPS) is 24.7. The molecule has 1 aromatic heterocycles. The van der Waals surface area contributed by atoms with Crippen LogP contribution in [0.3, 0.4) is 0 Å². The number of rotatable bonds is 2. The van der Waals surface area contributed by atoms with Crippen LogP contribution in [0.1, 0.15) is 53.0 Å². The molecule has 2 heterocycles. The van der Waals surface area contributed by atoms with Crippen molar-refractivity contribution in [1.29, 1.82) is 0 Å². The highest BCUT2D eigenvalue weighted by atomic mass is 16.7. The van der Waals surface area contributed by atoms with E-state index in [2.05, 4.69) is 0 Å². The largest absolute Gasteiger partial charge is 0.496 e. The molecule has 1 saturated heterocycles. The molecule has 108 valence electrons. The lowest BCUT2D eigenvalue weighted by atomic mass is 9.80. The van der Waals surface area contributed by atoms with Gasteiger partial charge in [0.25, 0.3) is 5.56 Å². The summed E-state index contributed by atoms with van der Waals surface area (Å²) in [5, 5.41) is 0. The van der Waals surface area contributed by atoms with Crippen molar-refractivity contribution in [2.75, 3.05) is 0 Å². The second-order valence-corrected chi connectivity index (χ2v) is 6.88. The van der Waals surface area contributed by atoms with Gasteiger partial charge in [0.15, 0.2) is 0 Å². The van der Waals surface area contributed by atoms with Gasteiger partial charge in [-0.05, 0) is 52.4 Å². The highest BCUT2D eigenvalue weighted by Crippen LogP contribution is 2.36. The summed E-state index contributed by atoms with van der Waals surface area (Å²) < 4.78 is 13.9. The van der Waals surface area contributed by atoms with Gasteiger partial charge in [-0.15, -0.1) is 0 Å². The van der Waals surface area contributed by atoms with Gasteiger partial charge in [0, 0.05) is 18.3 Å². The van der Waals surface area contributed by atoms with Gasteiger partial charge in [0.05, 0.1) is 11.2 Å². The van der Waals surface area contributed by atoms with Gasteiger partial charge >= 0.3 is 7.12 Å². The lowest BCUT2D eigenvalue weighted by Crippen LogP contribution is -2.41. The highest BCUT2D eigenvalue weighted by molar-refractivity contribution is 6.62. The second-order valence-electron chi connectivity index (χ2n) is 6.88. The molecule has 1 aromatic rings. The highest BCUT2D eigenvalue weighted by Gasteiger charge is 2.51. The van der Waals surface area contributed by atoms with Crippen LogP contribution >= 0.6 is 0 Å². The van der Waals surface area contributed by atoms with E-state index in [1.807, 2.05) is 44.5 Å². The average Bonchev–Trinajstić information content (AvgIpc) is 2.49. The Bertz CT molecular complexity index is 559. The monoisotopic (exact) mass is 275 g/mol. The van der Waals surface area contributed by atoms with Crippen LogP contribution in [0.25, 0.3) is 0 Å². The molecule has 0 unspecified atom stereocenters. The molecule has 1 aliphatic heterocycles. The van der Waals surface area contributed by atoms with E-state index >= 15 is 0 Å². The van der Waals surface area contributed by atoms with E-state index in [0.29, 0.717) is 6.04 Å². The molecule has 1 aliphatic carbocycles. The summed E-state index contributed by atoms with van der Waals surface area (Å²) in [5.41, 5.74) is 0.287. The van der Waals surface area contributed by atoms with Crippen LogP contribution in [0.4, 0.5) is 0 Å². The molecule has 4 nitrogen and oxygen atoms in total. The number of hydrogen-bond donors (Lipinski definition) is 0. The topological polar surface area (TPSA) is 40.5 Å². The summed E-state index contributed by atoms with van der Waals surface area (Å²) in [6.07, 6.45) is 5.30. The molecule has 0 aromatic carbocycles. The predicted molar refractivity (Wildman–Crippen MR) is 79.3 cm³/mol. The number of nitrogens with zero attached hydrogens (tertiary/aromatic N) is 1. The Morgan fingerprint density at radius 1 is 1.15 bits per heavy atom. The van der Waals surface area contributed by atoms with E-state index < -0.39 is 7.12 Å². The van der Waals surface area contributed by atoms with Gasteiger partial charge in [0.1, 0.15) is 0 Å². The van der Waals surface area contributed by atoms with Crippen molar-refractivity contribution in [3.05, 3.63) is 28.7 Å². The van der Waals surface area contributed by atoms with Crippen molar-refractivity contribution >= 4 is 12.6 Å². The molecular weight excluding hydrogens is 253 g/mol. The first-order valence-corrected chi connectivity index (χ1v) is 7.38. The van der Waals surface area contributed by atoms with Crippen molar-refractivity contribution in [1.82, 2.24) is 4.57 Å². The maximum atomic E-state index is 12.0. The Morgan fingerprint density at radius 3 is 2.25 bits per heavy atom. The number of aromatic nitrogens is 1. The average molecular weight is 275 g/mol. The van der Waals surface area contributed by atoms with Gasteiger partial charge in [-0.3, -0.25) is 4.79 Å². The standard InChI is InChI=1S/C15H22BNO3/c1-14(2)15(3,4)20-16(19-14)11-8-9-13(18)17(10-11)12-6-5-7-12/h8-10,12H,5-7H2,1-4H3. The minimum atomic E-state index is -0.396. The molecule has 2 fully saturated rings. The van der Waals surface area contributed by atoms with Crippen LogP contribution in [-0.4, -0.2) is 22.9 Å². The van der Waals surface area contributed by atoms with Gasteiger partial charge in [0.2, 0.25) is 0 Å². The van der Waals surface area contributed by atoms with Crippen LogP contribution in [0.15, 0.2) is 23.1 Å². The maximum Gasteiger partial charge on any atom is 0.496 e. The van der Waals surface area contributed by atoms with Gasteiger partial charge < -0.3 is 13.9 Å². The van der Waals surface area contributed by atoms with Crippen LogP contribution in [0, 0.1) is 0 Å². The fourth-order valence-electron chi connectivity index (χ4n) is 2.59. The first-order valence-electron chi connectivity index (χ1n) is 7.38. The molecule has 0 amide bonds. The van der Waals surface area contributed by atoms with Crippen molar-refractivity contribution in [2.45, 2.75) is 64.2 Å². The zero-order valence-electron chi connectivity index (χ0n) is 12.7. The number of pyridine rings is 1. The van der Waals surface area contributed by atoms with Crippen LogP contribution < -0.4 is 11.0 Å². The van der Waals surface area contributed by atoms with Crippen LogP contribution in [-0.2, 0) is 9.31 Å². The Kier molecular flexibility index (Phi) is 3.10. The minimum absolute atomic E-state index is 0.0648. The van der Waals surface area contributed by atoms with E-state index in [9.17, 15) is 4.79 Å². The smallest absolute Gasteiger partial charge is 0.399 e. The summed E-state index contributed by atoms with van der Waals surface area (Å²) in [7, 11) is -0.396. The molecule has 0 spiro atoms. The third kappa shape index (κ3) is 2.13. The first kappa shape index (κ1) is 13.9. The molecule has 0 N–H and O–H groups in total. The summed E-state index contributed by atoms with van der Waals surface area (Å²) in [4.78, 5) is 12.0. The summed E-state index contributed by atoms with van der Waals surface area (Å²) in [5.74, 6) is 0. The van der Waals surface area contributed by atoms with E-state index in [4.69, 9.17) is 9.31 Å². The fraction of sp³-hybridized carbons (Fsp3) is 0.667. The molecule has 2 aliphatic rings. The third-order valence-electron chi connectivity index (χ3n) is 4.95. The summed E-state index contributed by atoms with van der Waals surface area (Å²) in [6.45, 7) is 8.15. The molecule has 20 heavy (non-hydrogen) atoms. The van der Waals surface area contributed by atoms with Crippen LogP contribution in [0.5, 0.6) is 0 Å².